The first kappa shape index (κ1) is 24.0. The van der Waals surface area contributed by atoms with Crippen LogP contribution in [0.25, 0.3) is 11.3 Å². The van der Waals surface area contributed by atoms with Crippen LogP contribution in [0.3, 0.4) is 0 Å². The van der Waals surface area contributed by atoms with E-state index in [1.165, 1.54) is 5.69 Å². The second-order valence-corrected chi connectivity index (χ2v) is 8.31. The highest BCUT2D eigenvalue weighted by Crippen LogP contribution is 2.26. The van der Waals surface area contributed by atoms with Crippen LogP contribution in [0.15, 0.2) is 103 Å². The Morgan fingerprint density at radius 1 is 1.00 bits per heavy atom. The van der Waals surface area contributed by atoms with Crippen LogP contribution >= 0.6 is 0 Å². The fraction of sp³-hybridized carbons (Fsp3) is 0.143. The summed E-state index contributed by atoms with van der Waals surface area (Å²) >= 11 is 0. The molecule has 3 heterocycles. The van der Waals surface area contributed by atoms with E-state index < -0.39 is 0 Å². The number of nitrogens with one attached hydrogen (secondary N) is 1. The molecule has 3 N–H and O–H groups in total. The maximum atomic E-state index is 6.12. The van der Waals surface area contributed by atoms with E-state index in [-0.39, 0.29) is 0 Å². The molecule has 2 aromatic heterocycles. The molecule has 0 bridgehead atoms. The SMILES string of the molecule is C=CN(/N=C(\N)c1ccccn1)c1ccc(Nc2nccc(-c3cccc(N4CCOCC4)c3)n2)cc1. The van der Waals surface area contributed by atoms with Gasteiger partial charge in [0.15, 0.2) is 5.84 Å². The van der Waals surface area contributed by atoms with Crippen LogP contribution in [-0.4, -0.2) is 47.1 Å². The maximum Gasteiger partial charge on any atom is 0.227 e. The summed E-state index contributed by atoms with van der Waals surface area (Å²) in [6.45, 7) is 7.12. The molecule has 4 aromatic rings. The molecule has 0 spiro atoms. The van der Waals surface area contributed by atoms with Gasteiger partial charge in [-0.1, -0.05) is 24.8 Å². The monoisotopic (exact) mass is 492 g/mol. The predicted molar refractivity (Wildman–Crippen MR) is 148 cm³/mol. The van der Waals surface area contributed by atoms with E-state index in [1.54, 1.807) is 29.7 Å². The molecule has 0 unspecified atom stereocenters. The van der Waals surface area contributed by atoms with Gasteiger partial charge < -0.3 is 20.7 Å². The zero-order valence-corrected chi connectivity index (χ0v) is 20.4. The molecule has 9 heteroatoms. The number of nitrogens with two attached hydrogens (primary N) is 1. The van der Waals surface area contributed by atoms with Gasteiger partial charge in [-0.25, -0.2) is 15.0 Å². The van der Waals surface area contributed by atoms with Crippen LogP contribution in [0.4, 0.5) is 23.0 Å². The Morgan fingerprint density at radius 3 is 2.59 bits per heavy atom. The van der Waals surface area contributed by atoms with Gasteiger partial charge in [0, 0.05) is 48.6 Å². The van der Waals surface area contributed by atoms with Gasteiger partial charge in [-0.3, -0.25) is 4.98 Å². The van der Waals surface area contributed by atoms with Gasteiger partial charge in [-0.2, -0.15) is 0 Å². The van der Waals surface area contributed by atoms with E-state index in [2.05, 4.69) is 56.1 Å². The third-order valence-electron chi connectivity index (χ3n) is 5.88. The number of amidine groups is 1. The summed E-state index contributed by atoms with van der Waals surface area (Å²) < 4.78 is 5.48. The van der Waals surface area contributed by atoms with Gasteiger partial charge in [-0.15, -0.1) is 5.10 Å². The zero-order valence-electron chi connectivity index (χ0n) is 20.4. The summed E-state index contributed by atoms with van der Waals surface area (Å²) in [6, 6.07) is 23.5. The molecular weight excluding hydrogens is 464 g/mol. The molecule has 0 amide bonds. The molecule has 37 heavy (non-hydrogen) atoms. The first-order valence-corrected chi connectivity index (χ1v) is 12.0. The number of anilines is 4. The number of hydrazone groups is 1. The van der Waals surface area contributed by atoms with Crippen LogP contribution in [-0.2, 0) is 4.74 Å². The molecule has 5 rings (SSSR count). The first-order chi connectivity index (χ1) is 18.2. The largest absolute Gasteiger partial charge is 0.380 e. The van der Waals surface area contributed by atoms with E-state index in [1.807, 2.05) is 42.5 Å². The molecule has 0 atom stereocenters. The van der Waals surface area contributed by atoms with Crippen molar-refractivity contribution in [1.82, 2.24) is 15.0 Å². The summed E-state index contributed by atoms with van der Waals surface area (Å²) in [6.07, 6.45) is 5.03. The molecule has 0 radical (unpaired) electrons. The lowest BCUT2D eigenvalue weighted by molar-refractivity contribution is 0.122. The van der Waals surface area contributed by atoms with Crippen LogP contribution in [0.1, 0.15) is 5.69 Å². The number of aromatic nitrogens is 3. The average Bonchev–Trinajstić information content (AvgIpc) is 2.97. The minimum atomic E-state index is 0.297. The molecule has 0 saturated carbocycles. The quantitative estimate of drug-likeness (QED) is 0.212. The third-order valence-corrected chi connectivity index (χ3v) is 5.88. The highest BCUT2D eigenvalue weighted by atomic mass is 16.5. The smallest absolute Gasteiger partial charge is 0.227 e. The fourth-order valence-corrected chi connectivity index (χ4v) is 3.98. The number of ether oxygens (including phenoxy) is 1. The Balaban J connectivity index is 1.30. The number of pyridine rings is 1. The van der Waals surface area contributed by atoms with Gasteiger partial charge >= 0.3 is 0 Å². The first-order valence-electron chi connectivity index (χ1n) is 12.0. The molecule has 9 nitrogen and oxygen atoms in total. The van der Waals surface area contributed by atoms with Gasteiger partial charge in [0.25, 0.3) is 0 Å². The van der Waals surface area contributed by atoms with E-state index in [0.29, 0.717) is 17.5 Å². The highest BCUT2D eigenvalue weighted by molar-refractivity contribution is 5.96. The van der Waals surface area contributed by atoms with Gasteiger partial charge in [-0.05, 0) is 54.6 Å². The predicted octanol–water partition coefficient (Wildman–Crippen LogP) is 4.39. The number of benzene rings is 2. The fourth-order valence-electron chi connectivity index (χ4n) is 3.98. The summed E-state index contributed by atoms with van der Waals surface area (Å²) in [7, 11) is 0. The summed E-state index contributed by atoms with van der Waals surface area (Å²) in [4.78, 5) is 15.7. The highest BCUT2D eigenvalue weighted by Gasteiger charge is 2.12. The second-order valence-electron chi connectivity index (χ2n) is 8.31. The minimum absolute atomic E-state index is 0.297. The normalized spacial score (nSPS) is 13.7. The number of morpholine rings is 1. The Labute approximate surface area is 216 Å². The minimum Gasteiger partial charge on any atom is -0.380 e. The van der Waals surface area contributed by atoms with Crippen molar-refractivity contribution < 1.29 is 4.74 Å². The van der Waals surface area contributed by atoms with Crippen molar-refractivity contribution in [3.63, 3.8) is 0 Å². The molecule has 1 saturated heterocycles. The van der Waals surface area contributed by atoms with E-state index in [9.17, 15) is 0 Å². The van der Waals surface area contributed by atoms with E-state index >= 15 is 0 Å². The molecular formula is C28H28N8O. The van der Waals surface area contributed by atoms with Crippen molar-refractivity contribution >= 4 is 28.8 Å². The lowest BCUT2D eigenvalue weighted by atomic mass is 10.1. The van der Waals surface area contributed by atoms with Gasteiger partial charge in [0.2, 0.25) is 5.95 Å². The molecule has 2 aromatic carbocycles. The van der Waals surface area contributed by atoms with E-state index in [0.717, 1.165) is 48.9 Å². The summed E-state index contributed by atoms with van der Waals surface area (Å²) in [5, 5.41) is 9.31. The van der Waals surface area contributed by atoms with Crippen LogP contribution in [0.5, 0.6) is 0 Å². The Morgan fingerprint density at radius 2 is 1.84 bits per heavy atom. The van der Waals surface area contributed by atoms with Gasteiger partial charge in [0.1, 0.15) is 5.69 Å². The lowest BCUT2D eigenvalue weighted by Crippen LogP contribution is -2.36. The van der Waals surface area contributed by atoms with Crippen molar-refractivity contribution in [1.29, 1.82) is 0 Å². The molecule has 1 aliphatic heterocycles. The molecule has 186 valence electrons. The number of nitrogens with zero attached hydrogens (tertiary/aromatic N) is 6. The van der Waals surface area contributed by atoms with Crippen molar-refractivity contribution in [2.24, 2.45) is 10.8 Å². The molecule has 1 fully saturated rings. The number of rotatable bonds is 8. The van der Waals surface area contributed by atoms with Crippen LogP contribution in [0.2, 0.25) is 0 Å². The topological polar surface area (TPSA) is 105 Å². The summed E-state index contributed by atoms with van der Waals surface area (Å²) in [5.74, 6) is 0.811. The van der Waals surface area contributed by atoms with Crippen molar-refractivity contribution in [2.75, 3.05) is 41.5 Å². The average molecular weight is 493 g/mol. The Bertz CT molecular complexity index is 1370. The molecule has 1 aliphatic rings. The maximum absolute atomic E-state index is 6.12. The standard InChI is InChI=1S/C28H28N8O/c1-2-36(34-27(29)26-8-3-4-14-30-26)23-11-9-22(10-12-23)32-28-31-15-13-25(33-28)21-6-5-7-24(20-21)35-16-18-37-19-17-35/h2-15,20H,1,16-19H2,(H2,29,34)(H,31,32,33). The summed E-state index contributed by atoms with van der Waals surface area (Å²) in [5.41, 5.74) is 11.4. The van der Waals surface area contributed by atoms with Crippen LogP contribution < -0.4 is 21.0 Å². The van der Waals surface area contributed by atoms with Gasteiger partial charge in [0.05, 0.1) is 24.6 Å². The van der Waals surface area contributed by atoms with Crippen molar-refractivity contribution in [3.05, 3.63) is 104 Å². The van der Waals surface area contributed by atoms with E-state index in [4.69, 9.17) is 15.5 Å². The van der Waals surface area contributed by atoms with Crippen molar-refractivity contribution in [3.8, 4) is 11.3 Å². The number of hydrogen-bond acceptors (Lipinski definition) is 8. The molecule has 0 aliphatic carbocycles. The zero-order chi connectivity index (χ0) is 25.5. The van der Waals surface area contributed by atoms with Crippen LogP contribution in [0, 0.1) is 0 Å². The lowest BCUT2D eigenvalue weighted by Gasteiger charge is -2.29. The Kier molecular flexibility index (Phi) is 7.33. The second kappa shape index (κ2) is 11.3. The number of hydrogen-bond donors (Lipinski definition) is 2. The third kappa shape index (κ3) is 5.91. The Hall–Kier alpha value is -4.76. The van der Waals surface area contributed by atoms with Crippen molar-refractivity contribution in [2.45, 2.75) is 0 Å².